The van der Waals surface area contributed by atoms with E-state index >= 15 is 0 Å². The number of para-hydroxylation sites is 2. The lowest BCUT2D eigenvalue weighted by atomic mass is 9.98. The number of hydrogen-bond donors (Lipinski definition) is 0. The van der Waals surface area contributed by atoms with Crippen molar-refractivity contribution in [3.63, 3.8) is 0 Å². The molecule has 0 fully saturated rings. The van der Waals surface area contributed by atoms with E-state index in [0.717, 1.165) is 23.2 Å². The van der Waals surface area contributed by atoms with Crippen LogP contribution in [0.5, 0.6) is 0 Å². The van der Waals surface area contributed by atoms with E-state index in [4.69, 9.17) is 0 Å². The average molecular weight is 361 g/mol. The van der Waals surface area contributed by atoms with Crippen molar-refractivity contribution in [2.24, 2.45) is 0 Å². The zero-order chi connectivity index (χ0) is 19.2. The topological polar surface area (TPSA) is 3.24 Å². The molecule has 4 aromatic carbocycles. The Kier molecular flexibility index (Phi) is 5.35. The third-order valence-electron chi connectivity index (χ3n) is 4.87. The second kappa shape index (κ2) is 8.41. The predicted octanol–water partition coefficient (Wildman–Crippen LogP) is 7.09. The van der Waals surface area contributed by atoms with Gasteiger partial charge in [0.1, 0.15) is 0 Å². The van der Waals surface area contributed by atoms with E-state index in [1.54, 1.807) is 0 Å². The van der Waals surface area contributed by atoms with Crippen molar-refractivity contribution in [3.8, 4) is 0 Å². The highest BCUT2D eigenvalue weighted by Crippen LogP contribution is 2.28. The van der Waals surface area contributed by atoms with Crippen molar-refractivity contribution in [2.75, 3.05) is 4.90 Å². The van der Waals surface area contributed by atoms with Gasteiger partial charge in [0.15, 0.2) is 0 Å². The maximum absolute atomic E-state index is 4.32. The first-order chi connectivity index (χ1) is 13.8. The van der Waals surface area contributed by atoms with Crippen LogP contribution < -0.4 is 4.90 Å². The van der Waals surface area contributed by atoms with Crippen LogP contribution >= 0.6 is 0 Å². The quantitative estimate of drug-likeness (QED) is 0.354. The second-order valence-corrected chi connectivity index (χ2v) is 6.80. The Bertz CT molecular complexity index is 998. The summed E-state index contributed by atoms with van der Waals surface area (Å²) < 4.78 is 0. The third-order valence-corrected chi connectivity index (χ3v) is 4.87. The highest BCUT2D eigenvalue weighted by atomic mass is 15.1. The van der Waals surface area contributed by atoms with Crippen LogP contribution in [-0.2, 0) is 6.54 Å². The smallest absolute Gasteiger partial charge is 0.0481 e. The molecule has 0 N–H and O–H groups in total. The molecule has 4 aromatic rings. The molecule has 0 aliphatic heterocycles. The van der Waals surface area contributed by atoms with E-state index in [9.17, 15) is 0 Å². The van der Waals surface area contributed by atoms with Crippen molar-refractivity contribution in [3.05, 3.63) is 139 Å². The average Bonchev–Trinajstić information content (AvgIpc) is 2.79. The highest BCUT2D eigenvalue weighted by molar-refractivity contribution is 5.78. The minimum Gasteiger partial charge on any atom is -0.337 e. The molecule has 0 aromatic heterocycles. The summed E-state index contributed by atoms with van der Waals surface area (Å²) in [7, 11) is 0. The van der Waals surface area contributed by atoms with E-state index in [0.29, 0.717) is 0 Å². The first-order valence-electron chi connectivity index (χ1n) is 9.52. The normalized spacial score (nSPS) is 10.4. The van der Waals surface area contributed by atoms with Crippen molar-refractivity contribution >= 4 is 16.9 Å². The summed E-state index contributed by atoms with van der Waals surface area (Å²) in [6, 6.07) is 40.1. The summed E-state index contributed by atoms with van der Waals surface area (Å²) in [5.74, 6) is 0. The van der Waals surface area contributed by atoms with Crippen molar-refractivity contribution in [2.45, 2.75) is 6.54 Å². The first-order valence-corrected chi connectivity index (χ1v) is 9.52. The molecule has 0 saturated heterocycles. The summed E-state index contributed by atoms with van der Waals surface area (Å²) in [6.07, 6.45) is 0. The van der Waals surface area contributed by atoms with Crippen LogP contribution in [0.2, 0.25) is 0 Å². The molecule has 0 atom stereocenters. The Morgan fingerprint density at radius 2 is 1.07 bits per heavy atom. The number of anilines is 2. The Morgan fingerprint density at radius 1 is 0.571 bits per heavy atom. The molecule has 0 aliphatic rings. The molecule has 0 aliphatic carbocycles. The van der Waals surface area contributed by atoms with Crippen LogP contribution in [0.1, 0.15) is 16.7 Å². The lowest BCUT2D eigenvalue weighted by Crippen LogP contribution is -2.16. The summed E-state index contributed by atoms with van der Waals surface area (Å²) in [4.78, 5) is 2.34. The summed E-state index contributed by atoms with van der Waals surface area (Å²) in [5.41, 5.74) is 6.98. The van der Waals surface area contributed by atoms with Crippen molar-refractivity contribution in [1.82, 2.24) is 0 Å². The highest BCUT2D eigenvalue weighted by Gasteiger charge is 2.11. The van der Waals surface area contributed by atoms with Crippen LogP contribution in [0, 0.1) is 0 Å². The Hall–Kier alpha value is -3.58. The van der Waals surface area contributed by atoms with E-state index in [2.05, 4.69) is 121 Å². The molecule has 28 heavy (non-hydrogen) atoms. The molecule has 0 radical (unpaired) electrons. The van der Waals surface area contributed by atoms with Crippen LogP contribution in [0.15, 0.2) is 122 Å². The first kappa shape index (κ1) is 17.8. The minimum atomic E-state index is 0.796. The molecule has 4 rings (SSSR count). The maximum Gasteiger partial charge on any atom is 0.0481 e. The zero-order valence-corrected chi connectivity index (χ0v) is 15.8. The minimum absolute atomic E-state index is 0.796. The molecule has 136 valence electrons. The molecule has 1 heteroatoms. The van der Waals surface area contributed by atoms with Crippen LogP contribution in [0.4, 0.5) is 11.4 Å². The fourth-order valence-corrected chi connectivity index (χ4v) is 3.39. The predicted molar refractivity (Wildman–Crippen MR) is 120 cm³/mol. The van der Waals surface area contributed by atoms with Gasteiger partial charge in [-0.05, 0) is 52.6 Å². The lowest BCUT2D eigenvalue weighted by Gasteiger charge is -2.25. The number of rotatable bonds is 6. The Balaban J connectivity index is 1.65. The maximum atomic E-state index is 4.32. The fraction of sp³-hybridized carbons (Fsp3) is 0.0370. The van der Waals surface area contributed by atoms with E-state index in [1.165, 1.54) is 16.9 Å². The van der Waals surface area contributed by atoms with Gasteiger partial charge >= 0.3 is 0 Å². The Labute approximate surface area is 167 Å². The van der Waals surface area contributed by atoms with Gasteiger partial charge < -0.3 is 4.90 Å². The van der Waals surface area contributed by atoms with Crippen molar-refractivity contribution in [1.29, 1.82) is 0 Å². The van der Waals surface area contributed by atoms with Gasteiger partial charge in [0.25, 0.3) is 0 Å². The number of benzene rings is 4. The van der Waals surface area contributed by atoms with E-state index in [1.807, 2.05) is 6.07 Å². The summed E-state index contributed by atoms with van der Waals surface area (Å²) in [5, 5.41) is 0. The zero-order valence-electron chi connectivity index (χ0n) is 15.8. The monoisotopic (exact) mass is 361 g/mol. The van der Waals surface area contributed by atoms with Crippen LogP contribution in [0.25, 0.3) is 5.57 Å². The van der Waals surface area contributed by atoms with Gasteiger partial charge in [-0.2, -0.15) is 0 Å². The SMILES string of the molecule is C=C(c1ccccc1)c1cccc(CN(c2ccccc2)c2ccccc2)c1. The molecule has 0 heterocycles. The molecular formula is C27H23N. The van der Waals surface area contributed by atoms with Gasteiger partial charge in [-0.15, -0.1) is 0 Å². The van der Waals surface area contributed by atoms with Gasteiger partial charge in [0.2, 0.25) is 0 Å². The Morgan fingerprint density at radius 3 is 1.64 bits per heavy atom. The van der Waals surface area contributed by atoms with Gasteiger partial charge in [-0.1, -0.05) is 91.5 Å². The molecule has 0 bridgehead atoms. The van der Waals surface area contributed by atoms with Gasteiger partial charge in [-0.3, -0.25) is 0 Å². The van der Waals surface area contributed by atoms with Crippen LogP contribution in [-0.4, -0.2) is 0 Å². The second-order valence-electron chi connectivity index (χ2n) is 6.80. The van der Waals surface area contributed by atoms with E-state index in [-0.39, 0.29) is 0 Å². The largest absolute Gasteiger partial charge is 0.337 e. The van der Waals surface area contributed by atoms with Gasteiger partial charge in [0.05, 0.1) is 0 Å². The van der Waals surface area contributed by atoms with E-state index < -0.39 is 0 Å². The van der Waals surface area contributed by atoms with Gasteiger partial charge in [-0.25, -0.2) is 0 Å². The summed E-state index contributed by atoms with van der Waals surface area (Å²) >= 11 is 0. The fourth-order valence-electron chi connectivity index (χ4n) is 3.39. The molecule has 1 nitrogen and oxygen atoms in total. The molecule has 0 saturated carbocycles. The molecular weight excluding hydrogens is 338 g/mol. The van der Waals surface area contributed by atoms with Crippen molar-refractivity contribution < 1.29 is 0 Å². The lowest BCUT2D eigenvalue weighted by molar-refractivity contribution is 0.974. The van der Waals surface area contributed by atoms with Crippen LogP contribution in [0.3, 0.4) is 0 Å². The molecule has 0 unspecified atom stereocenters. The number of nitrogens with zero attached hydrogens (tertiary/aromatic N) is 1. The van der Waals surface area contributed by atoms with Gasteiger partial charge in [0, 0.05) is 17.9 Å². The third kappa shape index (κ3) is 4.05. The standard InChI is InChI=1S/C27H23N/c1-22(24-13-5-2-6-14-24)25-15-11-12-23(20-25)21-28(26-16-7-3-8-17-26)27-18-9-4-10-19-27/h2-20H,1,21H2. The summed E-state index contributed by atoms with van der Waals surface area (Å²) in [6.45, 7) is 5.11. The number of hydrogen-bond acceptors (Lipinski definition) is 1. The molecule has 0 amide bonds. The molecule has 0 spiro atoms.